The minimum atomic E-state index is -0.803. The predicted octanol–water partition coefficient (Wildman–Crippen LogP) is 0.895. The van der Waals surface area contributed by atoms with Crippen LogP contribution < -0.4 is 4.74 Å². The van der Waals surface area contributed by atoms with E-state index >= 15 is 0 Å². The summed E-state index contributed by atoms with van der Waals surface area (Å²) in [7, 11) is 1.58. The summed E-state index contributed by atoms with van der Waals surface area (Å²) < 4.78 is 5.07. The summed E-state index contributed by atoms with van der Waals surface area (Å²) >= 11 is 0. The number of aromatic amines is 1. The molecule has 0 bridgehead atoms. The van der Waals surface area contributed by atoms with E-state index in [4.69, 9.17) is 4.74 Å². The van der Waals surface area contributed by atoms with Crippen LogP contribution in [0.25, 0.3) is 0 Å². The molecule has 0 aliphatic rings. The maximum absolute atomic E-state index is 9.91. The first-order valence-electron chi connectivity index (χ1n) is 4.48. The highest BCUT2D eigenvalue weighted by molar-refractivity contribution is 5.31. The molecule has 2 N–H and O–H groups in total. The smallest absolute Gasteiger partial charge is 0.157 e. The number of methoxy groups -OCH3 is 1. The Morgan fingerprint density at radius 2 is 2.33 bits per heavy atom. The van der Waals surface area contributed by atoms with Crippen LogP contribution in [0.2, 0.25) is 0 Å². The van der Waals surface area contributed by atoms with Crippen molar-refractivity contribution >= 4 is 0 Å². The summed E-state index contributed by atoms with van der Waals surface area (Å²) in [6.07, 6.45) is 0.557. The molecule has 5 nitrogen and oxygen atoms in total. The molecule has 0 aliphatic heterocycles. The average Bonchev–Trinajstić information content (AvgIpc) is 2.81. The monoisotopic (exact) mass is 205 g/mol. The summed E-state index contributed by atoms with van der Waals surface area (Å²) in [5.74, 6) is 1.12. The molecule has 1 unspecified atom stereocenters. The average molecular weight is 205 g/mol. The first-order valence-corrected chi connectivity index (χ1v) is 4.48. The number of H-pyrrole nitrogens is 1. The summed E-state index contributed by atoms with van der Waals surface area (Å²) in [5.41, 5.74) is 0.714. The zero-order valence-corrected chi connectivity index (χ0v) is 8.21. The Hall–Kier alpha value is -1.88. The molecule has 78 valence electrons. The standard InChI is InChI=1S/C10H11N3O2/c1-15-8-4-2-3-7(5-8)9(14)10-11-6-12-13-10/h2-6,9,14H,1H3,(H,11,12,13). The van der Waals surface area contributed by atoms with Crippen molar-refractivity contribution < 1.29 is 9.84 Å². The van der Waals surface area contributed by atoms with Crippen molar-refractivity contribution in [1.29, 1.82) is 0 Å². The van der Waals surface area contributed by atoms with Gasteiger partial charge >= 0.3 is 0 Å². The van der Waals surface area contributed by atoms with Gasteiger partial charge in [0.15, 0.2) is 5.82 Å². The molecular weight excluding hydrogens is 194 g/mol. The number of hydrogen-bond acceptors (Lipinski definition) is 4. The van der Waals surface area contributed by atoms with Crippen molar-refractivity contribution in [2.24, 2.45) is 0 Å². The molecule has 0 fully saturated rings. The van der Waals surface area contributed by atoms with Crippen LogP contribution in [0.4, 0.5) is 0 Å². The highest BCUT2D eigenvalue weighted by Gasteiger charge is 2.13. The highest BCUT2D eigenvalue weighted by atomic mass is 16.5. The van der Waals surface area contributed by atoms with Gasteiger partial charge in [-0.05, 0) is 17.7 Å². The number of ether oxygens (including phenoxy) is 1. The van der Waals surface area contributed by atoms with Gasteiger partial charge in [0.25, 0.3) is 0 Å². The van der Waals surface area contributed by atoms with Gasteiger partial charge in [-0.1, -0.05) is 12.1 Å². The topological polar surface area (TPSA) is 71.0 Å². The number of benzene rings is 1. The number of aliphatic hydroxyl groups is 1. The number of aromatic nitrogens is 3. The molecule has 0 aliphatic carbocycles. The lowest BCUT2D eigenvalue weighted by Gasteiger charge is -2.08. The Bertz CT molecular complexity index is 428. The second kappa shape index (κ2) is 4.10. The number of hydrogen-bond donors (Lipinski definition) is 2. The molecule has 0 spiro atoms. The fraction of sp³-hybridized carbons (Fsp3) is 0.200. The van der Waals surface area contributed by atoms with Gasteiger partial charge < -0.3 is 9.84 Å². The maximum Gasteiger partial charge on any atom is 0.157 e. The van der Waals surface area contributed by atoms with Crippen LogP contribution in [-0.2, 0) is 0 Å². The number of nitrogens with zero attached hydrogens (tertiary/aromatic N) is 2. The molecule has 2 rings (SSSR count). The lowest BCUT2D eigenvalue weighted by atomic mass is 10.1. The first kappa shape index (κ1) is 9.67. The Labute approximate surface area is 86.7 Å². The van der Waals surface area contributed by atoms with E-state index in [1.165, 1.54) is 6.33 Å². The van der Waals surface area contributed by atoms with Crippen molar-refractivity contribution in [2.75, 3.05) is 7.11 Å². The van der Waals surface area contributed by atoms with Gasteiger partial charge in [0.2, 0.25) is 0 Å². The van der Waals surface area contributed by atoms with E-state index in [2.05, 4.69) is 15.2 Å². The lowest BCUT2D eigenvalue weighted by Crippen LogP contribution is -2.02. The van der Waals surface area contributed by atoms with Gasteiger partial charge in [0.05, 0.1) is 7.11 Å². The minimum Gasteiger partial charge on any atom is -0.497 e. The third-order valence-corrected chi connectivity index (χ3v) is 2.10. The molecule has 1 aromatic carbocycles. The first-order chi connectivity index (χ1) is 7.31. The van der Waals surface area contributed by atoms with E-state index in [1.54, 1.807) is 19.2 Å². The van der Waals surface area contributed by atoms with Crippen LogP contribution >= 0.6 is 0 Å². The Balaban J connectivity index is 2.29. The Morgan fingerprint density at radius 1 is 1.47 bits per heavy atom. The van der Waals surface area contributed by atoms with Crippen molar-refractivity contribution in [2.45, 2.75) is 6.10 Å². The van der Waals surface area contributed by atoms with Gasteiger partial charge in [-0.25, -0.2) is 4.98 Å². The molecule has 0 amide bonds. The van der Waals surface area contributed by atoms with Gasteiger partial charge in [0.1, 0.15) is 18.2 Å². The predicted molar refractivity (Wildman–Crippen MR) is 53.4 cm³/mol. The van der Waals surface area contributed by atoms with E-state index < -0.39 is 6.10 Å². The second-order valence-corrected chi connectivity index (χ2v) is 3.05. The second-order valence-electron chi connectivity index (χ2n) is 3.05. The van der Waals surface area contributed by atoms with Gasteiger partial charge in [0, 0.05) is 0 Å². The third kappa shape index (κ3) is 1.97. The number of aliphatic hydroxyl groups excluding tert-OH is 1. The number of nitrogens with one attached hydrogen (secondary N) is 1. The van der Waals surface area contributed by atoms with Crippen molar-refractivity contribution in [3.8, 4) is 5.75 Å². The van der Waals surface area contributed by atoms with E-state index in [0.717, 1.165) is 0 Å². The lowest BCUT2D eigenvalue weighted by molar-refractivity contribution is 0.210. The SMILES string of the molecule is COc1cccc(C(O)c2ncn[nH]2)c1. The Morgan fingerprint density at radius 3 is 3.00 bits per heavy atom. The molecule has 15 heavy (non-hydrogen) atoms. The van der Waals surface area contributed by atoms with Crippen LogP contribution in [-0.4, -0.2) is 27.4 Å². The quantitative estimate of drug-likeness (QED) is 0.780. The summed E-state index contributed by atoms with van der Waals surface area (Å²) in [6.45, 7) is 0. The fourth-order valence-electron chi connectivity index (χ4n) is 1.32. The van der Waals surface area contributed by atoms with E-state index in [1.807, 2.05) is 12.1 Å². The molecule has 0 radical (unpaired) electrons. The molecule has 1 aromatic heterocycles. The van der Waals surface area contributed by atoms with Crippen LogP contribution in [0.3, 0.4) is 0 Å². The van der Waals surface area contributed by atoms with E-state index in [-0.39, 0.29) is 0 Å². The van der Waals surface area contributed by atoms with Crippen LogP contribution in [0.1, 0.15) is 17.5 Å². The number of rotatable bonds is 3. The van der Waals surface area contributed by atoms with E-state index in [0.29, 0.717) is 17.1 Å². The van der Waals surface area contributed by atoms with Crippen LogP contribution in [0.15, 0.2) is 30.6 Å². The largest absolute Gasteiger partial charge is 0.497 e. The molecule has 1 atom stereocenters. The van der Waals surface area contributed by atoms with E-state index in [9.17, 15) is 5.11 Å². The van der Waals surface area contributed by atoms with Crippen LogP contribution in [0.5, 0.6) is 5.75 Å². The molecule has 1 heterocycles. The van der Waals surface area contributed by atoms with Crippen molar-refractivity contribution in [3.05, 3.63) is 42.0 Å². The molecule has 2 aromatic rings. The third-order valence-electron chi connectivity index (χ3n) is 2.10. The normalized spacial score (nSPS) is 12.4. The van der Waals surface area contributed by atoms with Crippen molar-refractivity contribution in [3.63, 3.8) is 0 Å². The summed E-state index contributed by atoms with van der Waals surface area (Å²) in [5, 5.41) is 16.2. The fourth-order valence-corrected chi connectivity index (χ4v) is 1.32. The van der Waals surface area contributed by atoms with Gasteiger partial charge in [-0.2, -0.15) is 5.10 Å². The molecule has 0 saturated carbocycles. The zero-order chi connectivity index (χ0) is 10.7. The minimum absolute atomic E-state index is 0.420. The van der Waals surface area contributed by atoms with Crippen LogP contribution in [0, 0.1) is 0 Å². The molecule has 0 saturated heterocycles. The summed E-state index contributed by atoms with van der Waals surface area (Å²) in [6, 6.07) is 7.19. The summed E-state index contributed by atoms with van der Waals surface area (Å²) in [4.78, 5) is 3.89. The Kier molecular flexibility index (Phi) is 2.64. The molecular formula is C10H11N3O2. The highest BCUT2D eigenvalue weighted by Crippen LogP contribution is 2.22. The van der Waals surface area contributed by atoms with Gasteiger partial charge in [-0.15, -0.1) is 0 Å². The van der Waals surface area contributed by atoms with Gasteiger partial charge in [-0.3, -0.25) is 5.10 Å². The molecule has 5 heteroatoms. The maximum atomic E-state index is 9.91. The van der Waals surface area contributed by atoms with Crippen molar-refractivity contribution in [1.82, 2.24) is 15.2 Å². The zero-order valence-electron chi connectivity index (χ0n) is 8.21.